The summed E-state index contributed by atoms with van der Waals surface area (Å²) in [6.07, 6.45) is 5.00. The van der Waals surface area contributed by atoms with Crippen molar-refractivity contribution in [3.63, 3.8) is 0 Å². The van der Waals surface area contributed by atoms with Gasteiger partial charge in [-0.15, -0.1) is 11.3 Å². The Morgan fingerprint density at radius 1 is 1.03 bits per heavy atom. The molecule has 29 heavy (non-hydrogen) atoms. The third-order valence-corrected chi connectivity index (χ3v) is 6.34. The van der Waals surface area contributed by atoms with E-state index in [4.69, 9.17) is 9.47 Å². The van der Waals surface area contributed by atoms with Gasteiger partial charge in [-0.2, -0.15) is 0 Å². The second kappa shape index (κ2) is 8.02. The van der Waals surface area contributed by atoms with E-state index in [1.807, 2.05) is 17.0 Å². The summed E-state index contributed by atoms with van der Waals surface area (Å²) in [5, 5.41) is 0.981. The lowest BCUT2D eigenvalue weighted by atomic mass is 10.0. The molecule has 0 spiro atoms. The lowest BCUT2D eigenvalue weighted by Gasteiger charge is -2.34. The highest BCUT2D eigenvalue weighted by atomic mass is 32.1. The van der Waals surface area contributed by atoms with Crippen LogP contribution in [-0.4, -0.2) is 71.8 Å². The van der Waals surface area contributed by atoms with Gasteiger partial charge < -0.3 is 19.3 Å². The van der Waals surface area contributed by atoms with Crippen molar-refractivity contribution in [2.75, 3.05) is 50.9 Å². The lowest BCUT2D eigenvalue weighted by Crippen LogP contribution is -2.42. The van der Waals surface area contributed by atoms with Gasteiger partial charge in [-0.25, -0.2) is 15.0 Å². The van der Waals surface area contributed by atoms with Crippen molar-refractivity contribution in [1.82, 2.24) is 19.9 Å². The van der Waals surface area contributed by atoms with Gasteiger partial charge in [0.2, 0.25) is 5.95 Å². The SMILES string of the molecule is O=C(c1sc2ncccc2c1C1CN(c2ncccn2)CCO1)N1CCOCC1. The van der Waals surface area contributed by atoms with Crippen LogP contribution >= 0.6 is 11.3 Å². The molecule has 1 unspecified atom stereocenters. The first kappa shape index (κ1) is 18.4. The van der Waals surface area contributed by atoms with Crippen LogP contribution in [0.2, 0.25) is 0 Å². The highest BCUT2D eigenvalue weighted by Gasteiger charge is 2.32. The van der Waals surface area contributed by atoms with Crippen molar-refractivity contribution in [3.8, 4) is 0 Å². The summed E-state index contributed by atoms with van der Waals surface area (Å²) in [7, 11) is 0. The molecular formula is C20H21N5O3S. The number of fused-ring (bicyclic) bond motifs is 1. The number of hydrogen-bond acceptors (Lipinski definition) is 8. The first-order valence-electron chi connectivity index (χ1n) is 9.69. The topological polar surface area (TPSA) is 80.7 Å². The molecule has 8 nitrogen and oxygen atoms in total. The summed E-state index contributed by atoms with van der Waals surface area (Å²) in [6.45, 7) is 4.21. The van der Waals surface area contributed by atoms with Crippen LogP contribution in [-0.2, 0) is 9.47 Å². The van der Waals surface area contributed by atoms with Crippen LogP contribution in [0.4, 0.5) is 5.95 Å². The van der Waals surface area contributed by atoms with Gasteiger partial charge >= 0.3 is 0 Å². The van der Waals surface area contributed by atoms with Crippen molar-refractivity contribution >= 4 is 33.4 Å². The number of nitrogens with zero attached hydrogens (tertiary/aromatic N) is 5. The fourth-order valence-electron chi connectivity index (χ4n) is 3.80. The zero-order valence-electron chi connectivity index (χ0n) is 15.9. The van der Waals surface area contributed by atoms with Gasteiger partial charge in [0, 0.05) is 49.2 Å². The van der Waals surface area contributed by atoms with E-state index < -0.39 is 0 Å². The summed E-state index contributed by atoms with van der Waals surface area (Å²) in [5.41, 5.74) is 0.926. The molecule has 1 atom stereocenters. The Morgan fingerprint density at radius 2 is 1.83 bits per heavy atom. The minimum Gasteiger partial charge on any atom is -0.378 e. The molecule has 0 aliphatic carbocycles. The van der Waals surface area contributed by atoms with Crippen LogP contribution < -0.4 is 4.90 Å². The Kier molecular flexibility index (Phi) is 5.09. The molecule has 0 saturated carbocycles. The molecular weight excluding hydrogens is 390 g/mol. The van der Waals surface area contributed by atoms with E-state index in [-0.39, 0.29) is 12.0 Å². The second-order valence-electron chi connectivity index (χ2n) is 6.96. The van der Waals surface area contributed by atoms with Crippen LogP contribution in [0.3, 0.4) is 0 Å². The molecule has 5 heterocycles. The number of anilines is 1. The Balaban J connectivity index is 1.52. The second-order valence-corrected chi connectivity index (χ2v) is 7.96. The lowest BCUT2D eigenvalue weighted by molar-refractivity contribution is 0.0280. The van der Waals surface area contributed by atoms with Crippen molar-refractivity contribution in [2.24, 2.45) is 0 Å². The van der Waals surface area contributed by atoms with Gasteiger partial charge in [0.05, 0.1) is 26.4 Å². The smallest absolute Gasteiger partial charge is 0.264 e. The number of hydrogen-bond donors (Lipinski definition) is 0. The zero-order valence-corrected chi connectivity index (χ0v) is 16.7. The Morgan fingerprint density at radius 3 is 2.66 bits per heavy atom. The van der Waals surface area contributed by atoms with Gasteiger partial charge in [0.15, 0.2) is 0 Å². The molecule has 1 amide bonds. The van der Waals surface area contributed by atoms with Gasteiger partial charge in [0.25, 0.3) is 5.91 Å². The molecule has 2 aliphatic rings. The van der Waals surface area contributed by atoms with Crippen molar-refractivity contribution < 1.29 is 14.3 Å². The molecule has 0 radical (unpaired) electrons. The maximum Gasteiger partial charge on any atom is 0.264 e. The number of morpholine rings is 2. The van der Waals surface area contributed by atoms with Crippen molar-refractivity contribution in [1.29, 1.82) is 0 Å². The highest BCUT2D eigenvalue weighted by molar-refractivity contribution is 7.20. The first-order valence-corrected chi connectivity index (χ1v) is 10.5. The van der Waals surface area contributed by atoms with E-state index in [0.717, 1.165) is 15.8 Å². The first-order chi connectivity index (χ1) is 14.3. The number of aromatic nitrogens is 3. The van der Waals surface area contributed by atoms with Gasteiger partial charge in [-0.1, -0.05) is 6.07 Å². The standard InChI is InChI=1S/C20H21N5O3S/c26-19(24-7-10-27-11-8-24)17-16(14-3-1-4-21-18(14)29-17)15-13-25(9-12-28-15)20-22-5-2-6-23-20/h1-6,15H,7-13H2. The maximum atomic E-state index is 13.3. The predicted octanol–water partition coefficient (Wildman–Crippen LogP) is 2.14. The van der Waals surface area contributed by atoms with Crippen molar-refractivity contribution in [2.45, 2.75) is 6.10 Å². The van der Waals surface area contributed by atoms with E-state index in [0.29, 0.717) is 56.8 Å². The summed E-state index contributed by atoms with van der Waals surface area (Å²) in [6, 6.07) is 5.73. The summed E-state index contributed by atoms with van der Waals surface area (Å²) in [5.74, 6) is 0.711. The highest BCUT2D eigenvalue weighted by Crippen LogP contribution is 2.38. The van der Waals surface area contributed by atoms with Crippen LogP contribution in [0.15, 0.2) is 36.8 Å². The monoisotopic (exact) mass is 411 g/mol. The van der Waals surface area contributed by atoms with E-state index in [1.165, 1.54) is 11.3 Å². The molecule has 9 heteroatoms. The molecule has 3 aromatic rings. The number of pyridine rings is 1. The number of rotatable bonds is 3. The van der Waals surface area contributed by atoms with E-state index in [9.17, 15) is 4.79 Å². The number of amides is 1. The van der Waals surface area contributed by atoms with Crippen LogP contribution in [0, 0.1) is 0 Å². The molecule has 3 aromatic heterocycles. The fourth-order valence-corrected chi connectivity index (χ4v) is 4.96. The molecule has 2 fully saturated rings. The fraction of sp³-hybridized carbons (Fsp3) is 0.400. The number of ether oxygens (including phenoxy) is 2. The zero-order chi connectivity index (χ0) is 19.6. The Bertz CT molecular complexity index is 1010. The minimum atomic E-state index is -0.245. The van der Waals surface area contributed by atoms with Gasteiger partial charge in [-0.3, -0.25) is 4.79 Å². The quantitative estimate of drug-likeness (QED) is 0.653. The average molecular weight is 411 g/mol. The summed E-state index contributed by atoms with van der Waals surface area (Å²) in [4.78, 5) is 32.1. The third-order valence-electron chi connectivity index (χ3n) is 5.22. The summed E-state index contributed by atoms with van der Waals surface area (Å²) >= 11 is 1.44. The third kappa shape index (κ3) is 3.57. The van der Waals surface area contributed by atoms with Crippen LogP contribution in [0.1, 0.15) is 21.3 Å². The van der Waals surface area contributed by atoms with E-state index in [1.54, 1.807) is 24.7 Å². The van der Waals surface area contributed by atoms with E-state index >= 15 is 0 Å². The van der Waals surface area contributed by atoms with Crippen LogP contribution in [0.5, 0.6) is 0 Å². The average Bonchev–Trinajstić information content (AvgIpc) is 3.19. The Labute approximate surface area is 172 Å². The van der Waals surface area contributed by atoms with Crippen molar-refractivity contribution in [3.05, 3.63) is 47.2 Å². The van der Waals surface area contributed by atoms with E-state index in [2.05, 4.69) is 19.9 Å². The molecule has 5 rings (SSSR count). The molecule has 2 saturated heterocycles. The number of carbonyl (C=O) groups is 1. The minimum absolute atomic E-state index is 0.0305. The molecule has 0 aromatic carbocycles. The largest absolute Gasteiger partial charge is 0.378 e. The number of carbonyl (C=O) groups excluding carboxylic acids is 1. The predicted molar refractivity (Wildman–Crippen MR) is 109 cm³/mol. The van der Waals surface area contributed by atoms with Gasteiger partial charge in [0.1, 0.15) is 15.8 Å². The molecule has 150 valence electrons. The molecule has 0 bridgehead atoms. The van der Waals surface area contributed by atoms with Gasteiger partial charge in [-0.05, 0) is 12.1 Å². The molecule has 0 N–H and O–H groups in total. The summed E-state index contributed by atoms with van der Waals surface area (Å²) < 4.78 is 11.6. The normalized spacial score (nSPS) is 20.2. The Hall–Kier alpha value is -2.62. The number of thiophene rings is 1. The molecule has 2 aliphatic heterocycles. The van der Waals surface area contributed by atoms with Crippen LogP contribution in [0.25, 0.3) is 10.2 Å². The maximum absolute atomic E-state index is 13.3.